The Kier molecular flexibility index (Phi) is 44.0. The maximum Gasteiger partial charge on any atom is 0.472 e. The number of hydrogen-bond donors (Lipinski definition) is 2. The van der Waals surface area contributed by atoms with Crippen molar-refractivity contribution in [2.45, 2.75) is 245 Å². The molecule has 0 aromatic carbocycles. The first-order chi connectivity index (χ1) is 27.4. The van der Waals surface area contributed by atoms with Crippen LogP contribution in [0.2, 0.25) is 0 Å². The number of nitrogens with two attached hydrogens (primary N) is 1. The van der Waals surface area contributed by atoms with Gasteiger partial charge in [-0.25, -0.2) is 4.57 Å². The molecular weight excluding hydrogens is 721 g/mol. The van der Waals surface area contributed by atoms with E-state index >= 15 is 0 Å². The summed E-state index contributed by atoms with van der Waals surface area (Å²) in [5.74, 6) is -0.287. The fraction of sp³-hybridized carbons (Fsp3) is 0.894. The molecule has 332 valence electrons. The maximum atomic E-state index is 12.4. The maximum absolute atomic E-state index is 12.4. The normalized spacial score (nSPS) is 13.5. The van der Waals surface area contributed by atoms with Gasteiger partial charge in [0.05, 0.1) is 19.5 Å². The third-order valence-corrected chi connectivity index (χ3v) is 11.4. The molecule has 0 rings (SSSR count). The van der Waals surface area contributed by atoms with Gasteiger partial charge in [-0.1, -0.05) is 199 Å². The second kappa shape index (κ2) is 44.9. The lowest BCUT2D eigenvalue weighted by Crippen LogP contribution is -2.25. The van der Waals surface area contributed by atoms with Crippen LogP contribution in [0.5, 0.6) is 0 Å². The average Bonchev–Trinajstić information content (AvgIpc) is 3.19. The van der Waals surface area contributed by atoms with Crippen molar-refractivity contribution in [3.8, 4) is 0 Å². The Bertz CT molecular complexity index is 915. The zero-order valence-electron chi connectivity index (χ0n) is 36.9. The van der Waals surface area contributed by atoms with E-state index in [2.05, 4.69) is 26.0 Å². The minimum atomic E-state index is -4.27. The highest BCUT2D eigenvalue weighted by atomic mass is 31.2. The van der Waals surface area contributed by atoms with Crippen LogP contribution in [0.3, 0.4) is 0 Å². The molecule has 0 heterocycles. The van der Waals surface area contributed by atoms with Gasteiger partial charge in [-0.3, -0.25) is 13.8 Å². The zero-order chi connectivity index (χ0) is 40.9. The highest BCUT2D eigenvalue weighted by Crippen LogP contribution is 2.43. The third kappa shape index (κ3) is 43.9. The molecule has 9 heteroatoms. The van der Waals surface area contributed by atoms with E-state index in [1.807, 2.05) is 6.08 Å². The number of hydrogen-bond acceptors (Lipinski definition) is 7. The van der Waals surface area contributed by atoms with E-state index in [4.69, 9.17) is 24.3 Å². The number of rotatable bonds is 46. The molecule has 0 aliphatic heterocycles. The highest BCUT2D eigenvalue weighted by molar-refractivity contribution is 7.47. The molecule has 0 aromatic rings. The van der Waals surface area contributed by atoms with E-state index in [-0.39, 0.29) is 32.3 Å². The second-order valence-electron chi connectivity index (χ2n) is 16.0. The van der Waals surface area contributed by atoms with E-state index in [0.29, 0.717) is 6.42 Å². The SMILES string of the molecule is CCCCCC/C=C\CCCCCCCC/C=C\O[C@H](COC(=O)CCCCCCCCCCCCCCCCCCCCCCC)COP(=O)(O)OCCN. The molecule has 0 aliphatic rings. The van der Waals surface area contributed by atoms with Crippen molar-refractivity contribution >= 4 is 13.8 Å². The molecule has 1 unspecified atom stereocenters. The number of unbranched alkanes of at least 4 members (excludes halogenated alkanes) is 31. The van der Waals surface area contributed by atoms with Gasteiger partial charge in [0.25, 0.3) is 0 Å². The lowest BCUT2D eigenvalue weighted by molar-refractivity contribution is -0.147. The summed E-state index contributed by atoms with van der Waals surface area (Å²) in [5, 5.41) is 0. The van der Waals surface area contributed by atoms with Gasteiger partial charge in [-0.15, -0.1) is 0 Å². The smallest absolute Gasteiger partial charge is 0.472 e. The quantitative estimate of drug-likeness (QED) is 0.0205. The molecule has 0 aliphatic carbocycles. The predicted molar refractivity (Wildman–Crippen MR) is 238 cm³/mol. The Morgan fingerprint density at radius 1 is 0.536 bits per heavy atom. The van der Waals surface area contributed by atoms with Crippen LogP contribution in [0.25, 0.3) is 0 Å². The molecule has 2 atom stereocenters. The van der Waals surface area contributed by atoms with Crippen molar-refractivity contribution < 1.29 is 32.8 Å². The van der Waals surface area contributed by atoms with Crippen LogP contribution >= 0.6 is 7.82 Å². The number of phosphoric ester groups is 1. The fourth-order valence-corrected chi connectivity index (χ4v) is 7.62. The number of ether oxygens (including phenoxy) is 2. The molecule has 0 amide bonds. The van der Waals surface area contributed by atoms with Gasteiger partial charge >= 0.3 is 13.8 Å². The van der Waals surface area contributed by atoms with Gasteiger partial charge in [0.15, 0.2) is 6.10 Å². The second-order valence-corrected chi connectivity index (χ2v) is 17.5. The number of carbonyl (C=O) groups is 1. The summed E-state index contributed by atoms with van der Waals surface area (Å²) >= 11 is 0. The third-order valence-electron chi connectivity index (χ3n) is 10.5. The van der Waals surface area contributed by atoms with Crippen LogP contribution in [-0.2, 0) is 27.9 Å². The summed E-state index contributed by atoms with van der Waals surface area (Å²) in [6, 6.07) is 0. The summed E-state index contributed by atoms with van der Waals surface area (Å²) in [4.78, 5) is 22.3. The van der Waals surface area contributed by atoms with E-state index in [1.54, 1.807) is 6.26 Å². The minimum Gasteiger partial charge on any atom is -0.492 e. The standard InChI is InChI=1S/C47H92NO7P/c1-3-5-7-9-11-13-15-17-19-21-22-23-24-25-26-28-30-32-34-36-38-40-47(49)53-44-46(45-55-56(50,51)54-43-41-48)52-42-39-37-35-33-31-29-27-20-18-16-14-12-10-8-6-4-2/h14,16,39,42,46H,3-13,15,17-38,40-41,43-45,48H2,1-2H3,(H,50,51)/b16-14-,42-39-/t46-/m1/s1. The first kappa shape index (κ1) is 54.8. The van der Waals surface area contributed by atoms with Crippen LogP contribution in [0, 0.1) is 0 Å². The summed E-state index contributed by atoms with van der Waals surface area (Å²) in [7, 11) is -4.27. The predicted octanol–water partition coefficient (Wildman–Crippen LogP) is 14.8. The van der Waals surface area contributed by atoms with E-state index in [0.717, 1.165) is 32.1 Å². The van der Waals surface area contributed by atoms with Crippen LogP contribution < -0.4 is 5.73 Å². The topological polar surface area (TPSA) is 117 Å². The first-order valence-electron chi connectivity index (χ1n) is 23.9. The summed E-state index contributed by atoms with van der Waals surface area (Å²) in [5.41, 5.74) is 5.37. The molecule has 3 N–H and O–H groups in total. The van der Waals surface area contributed by atoms with Crippen molar-refractivity contribution in [1.82, 2.24) is 0 Å². The van der Waals surface area contributed by atoms with Crippen molar-refractivity contribution in [3.63, 3.8) is 0 Å². The number of phosphoric acid groups is 1. The Labute approximate surface area is 346 Å². The summed E-state index contributed by atoms with van der Waals surface area (Å²) in [6.45, 7) is 4.24. The molecule has 0 aromatic heterocycles. The van der Waals surface area contributed by atoms with Gasteiger partial charge < -0.3 is 20.1 Å². The van der Waals surface area contributed by atoms with Gasteiger partial charge in [0.2, 0.25) is 0 Å². The summed E-state index contributed by atoms with van der Waals surface area (Å²) in [6.07, 6.45) is 51.6. The molecule has 0 radical (unpaired) electrons. The highest BCUT2D eigenvalue weighted by Gasteiger charge is 2.24. The van der Waals surface area contributed by atoms with Crippen LogP contribution in [0.4, 0.5) is 0 Å². The fourth-order valence-electron chi connectivity index (χ4n) is 6.86. The van der Waals surface area contributed by atoms with Crippen LogP contribution in [-0.4, -0.2) is 43.3 Å². The Morgan fingerprint density at radius 2 is 0.911 bits per heavy atom. The van der Waals surface area contributed by atoms with Gasteiger partial charge in [-0.05, 0) is 51.0 Å². The average molecular weight is 814 g/mol. The van der Waals surface area contributed by atoms with E-state index in [1.165, 1.54) is 186 Å². The van der Waals surface area contributed by atoms with Crippen molar-refractivity contribution in [3.05, 3.63) is 24.5 Å². The molecule has 0 saturated carbocycles. The number of carbonyl (C=O) groups excluding carboxylic acids is 1. The van der Waals surface area contributed by atoms with Crippen molar-refractivity contribution in [2.75, 3.05) is 26.4 Å². The molecule has 0 saturated heterocycles. The molecular formula is C47H92NO7P. The molecule has 56 heavy (non-hydrogen) atoms. The minimum absolute atomic E-state index is 0.0621. The molecule has 0 bridgehead atoms. The Morgan fingerprint density at radius 3 is 1.34 bits per heavy atom. The lowest BCUT2D eigenvalue weighted by atomic mass is 10.0. The van der Waals surface area contributed by atoms with E-state index in [9.17, 15) is 14.3 Å². The largest absolute Gasteiger partial charge is 0.492 e. The van der Waals surface area contributed by atoms with E-state index < -0.39 is 13.9 Å². The van der Waals surface area contributed by atoms with Gasteiger partial charge in [-0.2, -0.15) is 0 Å². The summed E-state index contributed by atoms with van der Waals surface area (Å²) < 4.78 is 33.3. The number of allylic oxidation sites excluding steroid dienone is 3. The molecule has 0 fully saturated rings. The van der Waals surface area contributed by atoms with Gasteiger partial charge in [0, 0.05) is 13.0 Å². The lowest BCUT2D eigenvalue weighted by Gasteiger charge is -2.19. The van der Waals surface area contributed by atoms with Crippen LogP contribution in [0.15, 0.2) is 24.5 Å². The molecule has 0 spiro atoms. The monoisotopic (exact) mass is 814 g/mol. The van der Waals surface area contributed by atoms with Crippen molar-refractivity contribution in [2.24, 2.45) is 5.73 Å². The zero-order valence-corrected chi connectivity index (χ0v) is 37.8. The van der Waals surface area contributed by atoms with Crippen molar-refractivity contribution in [1.29, 1.82) is 0 Å². The Hall–Kier alpha value is -1.18. The molecule has 8 nitrogen and oxygen atoms in total. The van der Waals surface area contributed by atoms with Gasteiger partial charge in [0.1, 0.15) is 6.61 Å². The van der Waals surface area contributed by atoms with Crippen LogP contribution in [0.1, 0.15) is 239 Å². The number of esters is 1. The Balaban J connectivity index is 3.96. The first-order valence-corrected chi connectivity index (χ1v) is 25.4.